The Kier molecular flexibility index (Phi) is 5.26. The molecular weight excluding hydrogens is 166 g/mol. The molecule has 0 aromatic heterocycles. The molecule has 0 aliphatic rings. The molecule has 1 N–H and O–H groups in total. The first kappa shape index (κ1) is 12.3. The molecule has 0 rings (SSSR count). The third kappa shape index (κ3) is 8.41. The van der Waals surface area contributed by atoms with Crippen LogP contribution in [0.1, 0.15) is 40.5 Å². The van der Waals surface area contributed by atoms with Gasteiger partial charge in [0.25, 0.3) is 0 Å². The van der Waals surface area contributed by atoms with Crippen LogP contribution in [-0.2, 0) is 0 Å². The van der Waals surface area contributed by atoms with E-state index in [0.29, 0.717) is 11.5 Å². The van der Waals surface area contributed by atoms with Crippen molar-refractivity contribution in [2.75, 3.05) is 12.5 Å². The SMILES string of the molecule is C[C@H](CCC(C)(C)C)N[SH](C)C. The summed E-state index contributed by atoms with van der Waals surface area (Å²) in [6.07, 6.45) is 7.14. The Morgan fingerprint density at radius 1 is 1.25 bits per heavy atom. The zero-order valence-electron chi connectivity index (χ0n) is 9.44. The predicted molar refractivity (Wildman–Crippen MR) is 62.1 cm³/mol. The second-order valence-electron chi connectivity index (χ2n) is 5.02. The first-order valence-corrected chi connectivity index (χ1v) is 6.98. The summed E-state index contributed by atoms with van der Waals surface area (Å²) in [7, 11) is 0. The minimum atomic E-state index is 0.0627. The molecule has 76 valence electrons. The van der Waals surface area contributed by atoms with Crippen LogP contribution >= 0.6 is 11.1 Å². The number of rotatable bonds is 4. The van der Waals surface area contributed by atoms with Gasteiger partial charge < -0.3 is 0 Å². The van der Waals surface area contributed by atoms with Gasteiger partial charge in [0.05, 0.1) is 0 Å². The molecule has 0 aromatic rings. The quantitative estimate of drug-likeness (QED) is 0.651. The molecule has 1 nitrogen and oxygen atoms in total. The highest BCUT2D eigenvalue weighted by atomic mass is 32.2. The third-order valence-electron chi connectivity index (χ3n) is 1.81. The maximum atomic E-state index is 3.58. The van der Waals surface area contributed by atoms with Crippen molar-refractivity contribution in [3.8, 4) is 0 Å². The monoisotopic (exact) mass is 191 g/mol. The Labute approximate surface area is 80.8 Å². The third-order valence-corrected chi connectivity index (χ3v) is 2.76. The minimum absolute atomic E-state index is 0.0627. The molecule has 0 saturated heterocycles. The first-order chi connectivity index (χ1) is 5.31. The standard InChI is InChI=1S/C10H25NS/c1-9(11-12(5)6)7-8-10(2,3)4/h9,11-12H,7-8H2,1-6H3/t9-/m1/s1. The Morgan fingerprint density at radius 2 is 1.75 bits per heavy atom. The minimum Gasteiger partial charge on any atom is -0.281 e. The van der Waals surface area contributed by atoms with Gasteiger partial charge in [-0.3, -0.25) is 4.72 Å². The van der Waals surface area contributed by atoms with Crippen molar-refractivity contribution in [1.82, 2.24) is 4.72 Å². The molecule has 0 aliphatic heterocycles. The zero-order valence-corrected chi connectivity index (χ0v) is 10.3. The van der Waals surface area contributed by atoms with Gasteiger partial charge in [0.1, 0.15) is 0 Å². The normalized spacial score (nSPS) is 16.0. The highest BCUT2D eigenvalue weighted by Gasteiger charge is 2.12. The summed E-state index contributed by atoms with van der Waals surface area (Å²) in [6.45, 7) is 9.20. The largest absolute Gasteiger partial charge is 0.281 e. The van der Waals surface area contributed by atoms with Gasteiger partial charge in [-0.2, -0.15) is 0 Å². The fourth-order valence-electron chi connectivity index (χ4n) is 1.15. The lowest BCUT2D eigenvalue weighted by atomic mass is 9.89. The van der Waals surface area contributed by atoms with E-state index in [-0.39, 0.29) is 11.1 Å². The van der Waals surface area contributed by atoms with Crippen LogP contribution < -0.4 is 4.72 Å². The van der Waals surface area contributed by atoms with E-state index in [0.717, 1.165) is 0 Å². The van der Waals surface area contributed by atoms with Crippen molar-refractivity contribution in [1.29, 1.82) is 0 Å². The van der Waals surface area contributed by atoms with Crippen LogP contribution in [0, 0.1) is 5.41 Å². The average molecular weight is 191 g/mol. The first-order valence-electron chi connectivity index (χ1n) is 4.75. The second-order valence-corrected chi connectivity index (χ2v) is 7.07. The molecule has 2 heteroatoms. The maximum absolute atomic E-state index is 3.58. The molecular formula is C10H25NS. The molecule has 0 spiro atoms. The highest BCUT2D eigenvalue weighted by molar-refractivity contribution is 8.14. The molecule has 0 radical (unpaired) electrons. The van der Waals surface area contributed by atoms with E-state index in [4.69, 9.17) is 0 Å². The van der Waals surface area contributed by atoms with Crippen molar-refractivity contribution < 1.29 is 0 Å². The summed E-state index contributed by atoms with van der Waals surface area (Å²) < 4.78 is 3.58. The molecule has 0 aromatic carbocycles. The number of nitrogens with one attached hydrogen (secondary N) is 1. The lowest BCUT2D eigenvalue weighted by Crippen LogP contribution is -2.23. The lowest BCUT2D eigenvalue weighted by Gasteiger charge is -2.24. The van der Waals surface area contributed by atoms with E-state index in [1.165, 1.54) is 12.8 Å². The topological polar surface area (TPSA) is 12.0 Å². The Hall–Kier alpha value is 0.310. The van der Waals surface area contributed by atoms with Gasteiger partial charge >= 0.3 is 0 Å². The van der Waals surface area contributed by atoms with Crippen molar-refractivity contribution in [3.05, 3.63) is 0 Å². The van der Waals surface area contributed by atoms with Crippen LogP contribution in [0.5, 0.6) is 0 Å². The van der Waals surface area contributed by atoms with Crippen molar-refractivity contribution in [2.24, 2.45) is 5.41 Å². The fourth-order valence-corrected chi connectivity index (χ4v) is 2.17. The number of thiol groups is 1. The molecule has 0 aliphatic carbocycles. The van der Waals surface area contributed by atoms with Gasteiger partial charge in [-0.25, -0.2) is 11.1 Å². The molecule has 12 heavy (non-hydrogen) atoms. The van der Waals surface area contributed by atoms with Crippen LogP contribution in [0.25, 0.3) is 0 Å². The summed E-state index contributed by atoms with van der Waals surface area (Å²) in [6, 6.07) is 0.685. The van der Waals surface area contributed by atoms with Gasteiger partial charge in [-0.1, -0.05) is 20.8 Å². The summed E-state index contributed by atoms with van der Waals surface area (Å²) in [4.78, 5) is 0. The Morgan fingerprint density at radius 3 is 2.08 bits per heavy atom. The zero-order chi connectivity index (χ0) is 9.78. The van der Waals surface area contributed by atoms with Crippen LogP contribution in [0.4, 0.5) is 0 Å². The lowest BCUT2D eigenvalue weighted by molar-refractivity contribution is 0.349. The van der Waals surface area contributed by atoms with Crippen LogP contribution in [-0.4, -0.2) is 18.6 Å². The van der Waals surface area contributed by atoms with E-state index in [1.807, 2.05) is 0 Å². The van der Waals surface area contributed by atoms with Crippen LogP contribution in [0.15, 0.2) is 0 Å². The fraction of sp³-hybridized carbons (Fsp3) is 1.00. The molecule has 0 saturated carbocycles. The van der Waals surface area contributed by atoms with Crippen molar-refractivity contribution >= 4 is 11.1 Å². The van der Waals surface area contributed by atoms with Crippen LogP contribution in [0.2, 0.25) is 0 Å². The van der Waals surface area contributed by atoms with E-state index in [2.05, 4.69) is 44.9 Å². The van der Waals surface area contributed by atoms with E-state index >= 15 is 0 Å². The molecule has 0 fully saturated rings. The molecule has 0 bridgehead atoms. The van der Waals surface area contributed by atoms with Gasteiger partial charge in [-0.05, 0) is 37.7 Å². The molecule has 0 amide bonds. The average Bonchev–Trinajstić information content (AvgIpc) is 1.80. The van der Waals surface area contributed by atoms with Gasteiger partial charge in [0.15, 0.2) is 0 Å². The predicted octanol–water partition coefficient (Wildman–Crippen LogP) is 2.97. The summed E-state index contributed by atoms with van der Waals surface area (Å²) in [5.74, 6) is 0. The highest BCUT2D eigenvalue weighted by Crippen LogP contribution is 2.22. The smallest absolute Gasteiger partial charge is 0.0126 e. The summed E-state index contributed by atoms with van der Waals surface area (Å²) in [5.41, 5.74) is 0.486. The van der Waals surface area contributed by atoms with Gasteiger partial charge in [0.2, 0.25) is 0 Å². The molecule has 0 heterocycles. The second kappa shape index (κ2) is 5.13. The van der Waals surface area contributed by atoms with Gasteiger partial charge in [0, 0.05) is 6.04 Å². The van der Waals surface area contributed by atoms with Crippen molar-refractivity contribution in [2.45, 2.75) is 46.6 Å². The number of hydrogen-bond acceptors (Lipinski definition) is 1. The van der Waals surface area contributed by atoms with E-state index < -0.39 is 0 Å². The van der Waals surface area contributed by atoms with Crippen LogP contribution in [0.3, 0.4) is 0 Å². The van der Waals surface area contributed by atoms with E-state index in [9.17, 15) is 0 Å². The Bertz CT molecular complexity index is 115. The summed E-state index contributed by atoms with van der Waals surface area (Å²) >= 11 is 0.0627. The number of hydrogen-bond donors (Lipinski definition) is 2. The van der Waals surface area contributed by atoms with E-state index in [1.54, 1.807) is 0 Å². The maximum Gasteiger partial charge on any atom is 0.0126 e. The van der Waals surface area contributed by atoms with Crippen molar-refractivity contribution in [3.63, 3.8) is 0 Å². The van der Waals surface area contributed by atoms with Gasteiger partial charge in [-0.15, -0.1) is 0 Å². The molecule has 1 atom stereocenters. The molecule has 0 unspecified atom stereocenters. The Balaban J connectivity index is 3.51. The summed E-state index contributed by atoms with van der Waals surface area (Å²) in [5, 5.41) is 0.